The van der Waals surface area contributed by atoms with Crippen LogP contribution in [-0.4, -0.2) is 18.8 Å². The van der Waals surface area contributed by atoms with Crippen LogP contribution in [0.5, 0.6) is 0 Å². The summed E-state index contributed by atoms with van der Waals surface area (Å²) in [6.07, 6.45) is -1.04. The van der Waals surface area contributed by atoms with Crippen molar-refractivity contribution in [3.63, 3.8) is 0 Å². The molecule has 0 aliphatic carbocycles. The molecule has 0 aliphatic rings. The topological polar surface area (TPSA) is 78.2 Å². The number of hydrogen-bond acceptors (Lipinski definition) is 4. The van der Waals surface area contributed by atoms with E-state index in [0.717, 1.165) is 0 Å². The Labute approximate surface area is 89.7 Å². The van der Waals surface area contributed by atoms with Crippen molar-refractivity contribution >= 4 is 10.7 Å². The van der Waals surface area contributed by atoms with Gasteiger partial charge in [0.2, 0.25) is 0 Å². The fourth-order valence-corrected chi connectivity index (χ4v) is 1.55. The van der Waals surface area contributed by atoms with E-state index < -0.39 is 22.1 Å². The number of nitriles is 1. The molecule has 1 N–H and O–H groups in total. The Morgan fingerprint density at radius 2 is 1.87 bits per heavy atom. The second kappa shape index (κ2) is 4.91. The summed E-state index contributed by atoms with van der Waals surface area (Å²) in [5.74, 6) is 0. The lowest BCUT2D eigenvalue weighted by Gasteiger charge is -2.13. The van der Waals surface area contributed by atoms with E-state index in [-0.39, 0.29) is 0 Å². The highest BCUT2D eigenvalue weighted by Crippen LogP contribution is 2.18. The number of rotatable bonds is 3. The van der Waals surface area contributed by atoms with Crippen LogP contribution < -0.4 is 0 Å². The lowest BCUT2D eigenvalue weighted by Crippen LogP contribution is -2.16. The molecule has 0 saturated heterocycles. The van der Waals surface area contributed by atoms with Crippen LogP contribution >= 0.6 is 0 Å². The fourth-order valence-electron chi connectivity index (χ4n) is 1.15. The summed E-state index contributed by atoms with van der Waals surface area (Å²) in [6.45, 7) is 1.44. The summed E-state index contributed by atoms with van der Waals surface area (Å²) in [6, 6.07) is 8.14. The van der Waals surface area contributed by atoms with Crippen molar-refractivity contribution in [2.45, 2.75) is 18.3 Å². The predicted molar refractivity (Wildman–Crippen MR) is 55.9 cm³/mol. The van der Waals surface area contributed by atoms with Crippen molar-refractivity contribution in [1.29, 1.82) is 5.26 Å². The Morgan fingerprint density at radius 3 is 2.27 bits per heavy atom. The van der Waals surface area contributed by atoms with E-state index in [2.05, 4.69) is 0 Å². The van der Waals surface area contributed by atoms with E-state index in [0.29, 0.717) is 11.1 Å². The SMILES string of the molecule is C[C@@H]([C@H](O)c1ccc(C#N)cc1)[SH](=O)=O. The molecule has 0 aromatic heterocycles. The van der Waals surface area contributed by atoms with Crippen LogP contribution in [0.15, 0.2) is 24.3 Å². The van der Waals surface area contributed by atoms with E-state index in [4.69, 9.17) is 5.26 Å². The molecule has 0 fully saturated rings. The fraction of sp³-hybridized carbons (Fsp3) is 0.300. The van der Waals surface area contributed by atoms with Crippen molar-refractivity contribution < 1.29 is 13.5 Å². The molecule has 5 heteroatoms. The molecule has 0 unspecified atom stereocenters. The van der Waals surface area contributed by atoms with Gasteiger partial charge >= 0.3 is 0 Å². The first-order chi connectivity index (χ1) is 7.06. The maximum absolute atomic E-state index is 10.7. The van der Waals surface area contributed by atoms with Crippen molar-refractivity contribution in [3.05, 3.63) is 35.4 Å². The van der Waals surface area contributed by atoms with E-state index >= 15 is 0 Å². The summed E-state index contributed by atoms with van der Waals surface area (Å²) in [5, 5.41) is 17.4. The van der Waals surface area contributed by atoms with Crippen LogP contribution in [0.25, 0.3) is 0 Å². The molecule has 0 saturated carbocycles. The van der Waals surface area contributed by atoms with Crippen LogP contribution in [0.3, 0.4) is 0 Å². The zero-order valence-corrected chi connectivity index (χ0v) is 9.02. The smallest absolute Gasteiger partial charge is 0.145 e. The lowest BCUT2D eigenvalue weighted by molar-refractivity contribution is 0.177. The van der Waals surface area contributed by atoms with Gasteiger partial charge in [-0.2, -0.15) is 5.26 Å². The molecular weight excluding hydrogens is 214 g/mol. The summed E-state index contributed by atoms with van der Waals surface area (Å²) in [5.41, 5.74) is 0.978. The van der Waals surface area contributed by atoms with Crippen molar-refractivity contribution in [3.8, 4) is 6.07 Å². The Bertz CT molecular complexity index is 437. The molecule has 1 rings (SSSR count). The summed E-state index contributed by atoms with van der Waals surface area (Å²) in [4.78, 5) is 0. The van der Waals surface area contributed by atoms with Crippen LogP contribution in [0.1, 0.15) is 24.2 Å². The maximum atomic E-state index is 10.7. The first kappa shape index (κ1) is 11.7. The average Bonchev–Trinajstić information content (AvgIpc) is 2.27. The Morgan fingerprint density at radius 1 is 1.33 bits per heavy atom. The van der Waals surface area contributed by atoms with E-state index in [9.17, 15) is 13.5 Å². The summed E-state index contributed by atoms with van der Waals surface area (Å²) < 4.78 is 21.3. The highest BCUT2D eigenvalue weighted by Gasteiger charge is 2.18. The molecule has 15 heavy (non-hydrogen) atoms. The molecule has 0 heterocycles. The minimum atomic E-state index is -2.65. The third-order valence-electron chi connectivity index (χ3n) is 2.17. The monoisotopic (exact) mass is 225 g/mol. The van der Waals surface area contributed by atoms with Crippen molar-refractivity contribution in [2.24, 2.45) is 0 Å². The van der Waals surface area contributed by atoms with E-state index in [1.165, 1.54) is 6.92 Å². The van der Waals surface area contributed by atoms with E-state index in [1.54, 1.807) is 24.3 Å². The van der Waals surface area contributed by atoms with Gasteiger partial charge in [0.05, 0.1) is 23.0 Å². The van der Waals surface area contributed by atoms with Gasteiger partial charge in [0, 0.05) is 0 Å². The van der Waals surface area contributed by atoms with Gasteiger partial charge < -0.3 is 5.11 Å². The quantitative estimate of drug-likeness (QED) is 0.738. The molecule has 4 nitrogen and oxygen atoms in total. The molecule has 1 aromatic rings. The average molecular weight is 225 g/mol. The molecular formula is C10H11NO3S. The molecule has 1 aromatic carbocycles. The van der Waals surface area contributed by atoms with Gasteiger partial charge in [-0.15, -0.1) is 0 Å². The van der Waals surface area contributed by atoms with Gasteiger partial charge in [-0.3, -0.25) is 0 Å². The predicted octanol–water partition coefficient (Wildman–Crippen LogP) is 0.592. The molecule has 0 amide bonds. The maximum Gasteiger partial charge on any atom is 0.145 e. The zero-order valence-electron chi connectivity index (χ0n) is 8.12. The van der Waals surface area contributed by atoms with Crippen LogP contribution in [0.2, 0.25) is 0 Å². The van der Waals surface area contributed by atoms with Gasteiger partial charge in [-0.1, -0.05) is 12.1 Å². The first-order valence-electron chi connectivity index (χ1n) is 4.38. The van der Waals surface area contributed by atoms with Gasteiger partial charge in [-0.05, 0) is 24.6 Å². The Hall–Kier alpha value is -1.38. The Kier molecular flexibility index (Phi) is 3.83. The second-order valence-electron chi connectivity index (χ2n) is 3.20. The largest absolute Gasteiger partial charge is 0.387 e. The zero-order chi connectivity index (χ0) is 11.4. The third kappa shape index (κ3) is 2.78. The standard InChI is InChI=1S/C10H11NO3S/c1-7(15(13)14)10(12)9-4-2-8(6-11)3-5-9/h2-5,7,10,12,15H,1H3/t7-,10-/m0/s1. The van der Waals surface area contributed by atoms with Gasteiger partial charge in [0.1, 0.15) is 10.7 Å². The van der Waals surface area contributed by atoms with Gasteiger partial charge in [0.25, 0.3) is 0 Å². The molecule has 2 atom stereocenters. The highest BCUT2D eigenvalue weighted by molar-refractivity contribution is 7.73. The second-order valence-corrected chi connectivity index (χ2v) is 4.59. The normalized spacial score (nSPS) is 14.5. The minimum Gasteiger partial charge on any atom is -0.387 e. The van der Waals surface area contributed by atoms with E-state index in [1.807, 2.05) is 6.07 Å². The number of thiol groups is 1. The number of aliphatic hydroxyl groups is 1. The minimum absolute atomic E-state index is 0.477. The van der Waals surface area contributed by atoms with Crippen molar-refractivity contribution in [1.82, 2.24) is 0 Å². The van der Waals surface area contributed by atoms with Crippen molar-refractivity contribution in [2.75, 3.05) is 0 Å². The van der Waals surface area contributed by atoms with Gasteiger partial charge in [0.15, 0.2) is 0 Å². The summed E-state index contributed by atoms with van der Waals surface area (Å²) in [7, 11) is -2.65. The van der Waals surface area contributed by atoms with Gasteiger partial charge in [-0.25, -0.2) is 8.42 Å². The third-order valence-corrected chi connectivity index (χ3v) is 3.12. The molecule has 0 spiro atoms. The van der Waals surface area contributed by atoms with Crippen LogP contribution in [-0.2, 0) is 10.7 Å². The number of hydrogen-bond donors (Lipinski definition) is 2. The number of benzene rings is 1. The highest BCUT2D eigenvalue weighted by atomic mass is 32.2. The molecule has 0 bridgehead atoms. The molecule has 80 valence electrons. The Balaban J connectivity index is 2.93. The lowest BCUT2D eigenvalue weighted by atomic mass is 10.1. The number of aliphatic hydroxyl groups excluding tert-OH is 1. The van der Waals surface area contributed by atoms with Crippen LogP contribution in [0.4, 0.5) is 0 Å². The number of nitrogens with zero attached hydrogens (tertiary/aromatic N) is 1. The summed E-state index contributed by atoms with van der Waals surface area (Å²) >= 11 is 0. The first-order valence-corrected chi connectivity index (χ1v) is 5.62. The van der Waals surface area contributed by atoms with Crippen LogP contribution in [0, 0.1) is 11.3 Å². The molecule has 0 aliphatic heterocycles. The molecule has 0 radical (unpaired) electrons.